The van der Waals surface area contributed by atoms with Crippen molar-refractivity contribution in [3.8, 4) is 11.5 Å². The van der Waals surface area contributed by atoms with Gasteiger partial charge >= 0.3 is 0 Å². The van der Waals surface area contributed by atoms with Crippen molar-refractivity contribution in [2.75, 3.05) is 13.2 Å². The van der Waals surface area contributed by atoms with E-state index in [-0.39, 0.29) is 18.1 Å². The number of amides is 1. The lowest BCUT2D eigenvalue weighted by atomic mass is 10.2. The number of hydrogen-bond acceptors (Lipinski definition) is 5. The molecule has 27 heavy (non-hydrogen) atoms. The Kier molecular flexibility index (Phi) is 4.43. The molecule has 7 nitrogen and oxygen atoms in total. The Morgan fingerprint density at radius 2 is 2.07 bits per heavy atom. The molecule has 1 atom stereocenters. The van der Waals surface area contributed by atoms with Gasteiger partial charge in [0, 0.05) is 18.4 Å². The molecule has 4 rings (SSSR count). The number of carbonyl (C=O) groups is 1. The molecule has 0 N–H and O–H groups in total. The van der Waals surface area contributed by atoms with Crippen molar-refractivity contribution in [3.05, 3.63) is 54.1 Å². The summed E-state index contributed by atoms with van der Waals surface area (Å²) in [4.78, 5) is 23.8. The van der Waals surface area contributed by atoms with Crippen LogP contribution < -0.4 is 9.47 Å². The van der Waals surface area contributed by atoms with Crippen molar-refractivity contribution in [3.63, 3.8) is 0 Å². The van der Waals surface area contributed by atoms with Gasteiger partial charge in [-0.3, -0.25) is 9.20 Å². The first-order valence-electron chi connectivity index (χ1n) is 9.03. The van der Waals surface area contributed by atoms with E-state index in [9.17, 15) is 4.79 Å². The van der Waals surface area contributed by atoms with Gasteiger partial charge in [-0.1, -0.05) is 12.1 Å². The molecule has 0 saturated heterocycles. The summed E-state index contributed by atoms with van der Waals surface area (Å²) in [6.07, 6.45) is 3.25. The van der Waals surface area contributed by atoms with E-state index in [0.717, 1.165) is 5.75 Å². The molecule has 0 bridgehead atoms. The molecule has 1 amide bonds. The smallest absolute Gasteiger partial charge is 0.273 e. The Labute approximate surface area is 157 Å². The number of nitrogens with zero attached hydrogens (tertiary/aromatic N) is 4. The van der Waals surface area contributed by atoms with E-state index < -0.39 is 0 Å². The number of aryl methyl sites for hydroxylation is 1. The molecule has 1 aliphatic rings. The second-order valence-electron chi connectivity index (χ2n) is 6.88. The Morgan fingerprint density at radius 3 is 2.85 bits per heavy atom. The second kappa shape index (κ2) is 6.90. The Balaban J connectivity index is 1.60. The SMILES string of the molecule is Cc1nc2ncccn2c1C(=O)N(C[C@H]1COc2ccccc2O1)C(C)C. The molecule has 1 aliphatic heterocycles. The predicted molar refractivity (Wildman–Crippen MR) is 100 cm³/mol. The number of carbonyl (C=O) groups excluding carboxylic acids is 1. The molecular weight excluding hydrogens is 344 g/mol. The van der Waals surface area contributed by atoms with Gasteiger partial charge in [0.15, 0.2) is 17.6 Å². The summed E-state index contributed by atoms with van der Waals surface area (Å²) >= 11 is 0. The maximum Gasteiger partial charge on any atom is 0.273 e. The number of aromatic nitrogens is 3. The number of fused-ring (bicyclic) bond motifs is 2. The lowest BCUT2D eigenvalue weighted by molar-refractivity contribution is 0.0388. The maximum atomic E-state index is 13.3. The molecule has 2 aromatic heterocycles. The zero-order valence-corrected chi connectivity index (χ0v) is 15.6. The van der Waals surface area contributed by atoms with Crippen LogP contribution in [0.3, 0.4) is 0 Å². The normalized spacial score (nSPS) is 15.9. The first kappa shape index (κ1) is 17.3. The summed E-state index contributed by atoms with van der Waals surface area (Å²) in [5.41, 5.74) is 1.19. The number of hydrogen-bond donors (Lipinski definition) is 0. The second-order valence-corrected chi connectivity index (χ2v) is 6.88. The molecule has 0 unspecified atom stereocenters. The molecule has 0 spiro atoms. The van der Waals surface area contributed by atoms with Crippen LogP contribution in [-0.4, -0.2) is 50.5 Å². The van der Waals surface area contributed by atoms with E-state index in [2.05, 4.69) is 9.97 Å². The monoisotopic (exact) mass is 366 g/mol. The van der Waals surface area contributed by atoms with Crippen LogP contribution in [0.25, 0.3) is 5.78 Å². The highest BCUT2D eigenvalue weighted by molar-refractivity contribution is 5.94. The number of rotatable bonds is 4. The van der Waals surface area contributed by atoms with Gasteiger partial charge in [0.1, 0.15) is 12.3 Å². The summed E-state index contributed by atoms with van der Waals surface area (Å²) in [5, 5.41) is 0. The number of para-hydroxylation sites is 2. The van der Waals surface area contributed by atoms with Gasteiger partial charge in [0.2, 0.25) is 5.78 Å². The molecule has 140 valence electrons. The van der Waals surface area contributed by atoms with Gasteiger partial charge in [-0.05, 0) is 39.0 Å². The van der Waals surface area contributed by atoms with Gasteiger partial charge in [0.25, 0.3) is 5.91 Å². The van der Waals surface area contributed by atoms with Crippen molar-refractivity contribution in [1.82, 2.24) is 19.3 Å². The van der Waals surface area contributed by atoms with Gasteiger partial charge < -0.3 is 14.4 Å². The minimum atomic E-state index is -0.233. The standard InChI is InChI=1S/C20H22N4O3/c1-13(2)24(11-15-12-26-16-7-4-5-8-17(16)27-15)19(25)18-14(3)22-20-21-9-6-10-23(18)20/h4-10,13,15H,11-12H2,1-3H3/t15-/m0/s1. The highest BCUT2D eigenvalue weighted by Crippen LogP contribution is 2.31. The Bertz CT molecular complexity index is 982. The third kappa shape index (κ3) is 3.20. The third-order valence-electron chi connectivity index (χ3n) is 4.63. The fourth-order valence-electron chi connectivity index (χ4n) is 3.29. The molecule has 0 aliphatic carbocycles. The van der Waals surface area contributed by atoms with Crippen molar-refractivity contribution in [1.29, 1.82) is 0 Å². The summed E-state index contributed by atoms with van der Waals surface area (Å²) in [7, 11) is 0. The first-order valence-corrected chi connectivity index (χ1v) is 9.03. The van der Waals surface area contributed by atoms with Crippen LogP contribution >= 0.6 is 0 Å². The van der Waals surface area contributed by atoms with Crippen LogP contribution in [-0.2, 0) is 0 Å². The number of ether oxygens (including phenoxy) is 2. The first-order chi connectivity index (χ1) is 13.0. The van der Waals surface area contributed by atoms with E-state index in [0.29, 0.717) is 36.1 Å². The lowest BCUT2D eigenvalue weighted by Gasteiger charge is -2.33. The highest BCUT2D eigenvalue weighted by atomic mass is 16.6. The quantitative estimate of drug-likeness (QED) is 0.710. The van der Waals surface area contributed by atoms with Crippen LogP contribution in [0.15, 0.2) is 42.7 Å². The Morgan fingerprint density at radius 1 is 1.30 bits per heavy atom. The third-order valence-corrected chi connectivity index (χ3v) is 4.63. The zero-order chi connectivity index (χ0) is 19.0. The summed E-state index contributed by atoms with van der Waals surface area (Å²) in [6, 6.07) is 9.37. The summed E-state index contributed by atoms with van der Waals surface area (Å²) in [6.45, 7) is 6.65. The minimum absolute atomic E-state index is 0.000100. The van der Waals surface area contributed by atoms with Crippen molar-refractivity contribution in [2.45, 2.75) is 32.9 Å². The molecule has 0 radical (unpaired) electrons. The van der Waals surface area contributed by atoms with Crippen molar-refractivity contribution < 1.29 is 14.3 Å². The highest BCUT2D eigenvalue weighted by Gasteiger charge is 2.30. The number of imidazole rings is 1. The summed E-state index contributed by atoms with van der Waals surface area (Å²) < 4.78 is 13.6. The lowest BCUT2D eigenvalue weighted by Crippen LogP contribution is -2.47. The van der Waals surface area contributed by atoms with E-state index in [1.165, 1.54) is 0 Å². The maximum absolute atomic E-state index is 13.3. The molecule has 3 aromatic rings. The number of benzene rings is 1. The average molecular weight is 366 g/mol. The van der Waals surface area contributed by atoms with Gasteiger partial charge in [-0.15, -0.1) is 0 Å². The van der Waals surface area contributed by atoms with Crippen LogP contribution in [0.4, 0.5) is 0 Å². The van der Waals surface area contributed by atoms with Gasteiger partial charge in [-0.25, -0.2) is 9.97 Å². The molecule has 0 fully saturated rings. The zero-order valence-electron chi connectivity index (χ0n) is 15.6. The molecule has 1 aromatic carbocycles. The molecule has 3 heterocycles. The predicted octanol–water partition coefficient (Wildman–Crippen LogP) is 2.73. The Hall–Kier alpha value is -3.09. The topological polar surface area (TPSA) is 69.0 Å². The van der Waals surface area contributed by atoms with Crippen LogP contribution in [0, 0.1) is 6.92 Å². The van der Waals surface area contributed by atoms with Crippen LogP contribution in [0.1, 0.15) is 30.0 Å². The molecule has 0 saturated carbocycles. The molecule has 7 heteroatoms. The van der Waals surface area contributed by atoms with Crippen LogP contribution in [0.2, 0.25) is 0 Å². The van der Waals surface area contributed by atoms with E-state index in [1.54, 1.807) is 21.6 Å². The van der Waals surface area contributed by atoms with E-state index >= 15 is 0 Å². The van der Waals surface area contributed by atoms with E-state index in [1.807, 2.05) is 51.2 Å². The fourth-order valence-corrected chi connectivity index (χ4v) is 3.29. The van der Waals surface area contributed by atoms with Crippen LogP contribution in [0.5, 0.6) is 11.5 Å². The van der Waals surface area contributed by atoms with Gasteiger partial charge in [0.05, 0.1) is 12.2 Å². The van der Waals surface area contributed by atoms with Gasteiger partial charge in [-0.2, -0.15) is 0 Å². The molecular formula is C20H22N4O3. The van der Waals surface area contributed by atoms with E-state index in [4.69, 9.17) is 9.47 Å². The van der Waals surface area contributed by atoms with Crippen molar-refractivity contribution in [2.24, 2.45) is 0 Å². The summed E-state index contributed by atoms with van der Waals surface area (Å²) in [5.74, 6) is 1.87. The average Bonchev–Trinajstić information content (AvgIpc) is 3.01. The van der Waals surface area contributed by atoms with Crippen molar-refractivity contribution >= 4 is 11.7 Å². The fraction of sp³-hybridized carbons (Fsp3) is 0.350. The minimum Gasteiger partial charge on any atom is -0.486 e. The largest absolute Gasteiger partial charge is 0.486 e.